The summed E-state index contributed by atoms with van der Waals surface area (Å²) in [6.45, 7) is 2.10. The molecule has 0 saturated heterocycles. The van der Waals surface area contributed by atoms with E-state index < -0.39 is 0 Å². The van der Waals surface area contributed by atoms with E-state index >= 15 is 0 Å². The molecular formula is C13H14BrN3S. The third kappa shape index (κ3) is 1.95. The molecule has 0 bridgehead atoms. The minimum atomic E-state index is 0.846. The van der Waals surface area contributed by atoms with Crippen LogP contribution < -0.4 is 5.32 Å². The third-order valence-corrected chi connectivity index (χ3v) is 5.38. The second-order valence-corrected chi connectivity index (χ2v) is 6.55. The van der Waals surface area contributed by atoms with E-state index in [4.69, 9.17) is 4.98 Å². The van der Waals surface area contributed by atoms with Crippen molar-refractivity contribution in [2.75, 3.05) is 12.4 Å². The van der Waals surface area contributed by atoms with E-state index in [2.05, 4.69) is 39.2 Å². The SMILES string of the molecule is CNc1nc(-c2cc(Br)c(C)s2)nc2c1CCC2. The Morgan fingerprint density at radius 3 is 2.83 bits per heavy atom. The normalized spacial score (nSPS) is 13.7. The zero-order chi connectivity index (χ0) is 12.7. The van der Waals surface area contributed by atoms with Crippen LogP contribution in [0.3, 0.4) is 0 Å². The van der Waals surface area contributed by atoms with Gasteiger partial charge in [-0.3, -0.25) is 0 Å². The molecule has 0 radical (unpaired) electrons. The zero-order valence-electron chi connectivity index (χ0n) is 10.4. The fraction of sp³-hybridized carbons (Fsp3) is 0.385. The Balaban J connectivity index is 2.13. The number of anilines is 1. The van der Waals surface area contributed by atoms with Crippen LogP contribution >= 0.6 is 27.3 Å². The highest BCUT2D eigenvalue weighted by Crippen LogP contribution is 2.35. The van der Waals surface area contributed by atoms with E-state index in [1.165, 1.54) is 22.6 Å². The van der Waals surface area contributed by atoms with Crippen molar-refractivity contribution in [3.63, 3.8) is 0 Å². The maximum Gasteiger partial charge on any atom is 0.171 e. The van der Waals surface area contributed by atoms with Crippen molar-refractivity contribution in [1.82, 2.24) is 9.97 Å². The fourth-order valence-corrected chi connectivity index (χ4v) is 3.79. The molecule has 1 N–H and O–H groups in total. The second kappa shape index (κ2) is 4.63. The molecule has 2 aromatic rings. The Hall–Kier alpha value is -0.940. The van der Waals surface area contributed by atoms with E-state index in [0.29, 0.717) is 0 Å². The molecule has 18 heavy (non-hydrogen) atoms. The van der Waals surface area contributed by atoms with Gasteiger partial charge in [0, 0.05) is 27.7 Å². The maximum absolute atomic E-state index is 4.73. The summed E-state index contributed by atoms with van der Waals surface area (Å²) in [6, 6.07) is 2.11. The number of hydrogen-bond donors (Lipinski definition) is 1. The van der Waals surface area contributed by atoms with Crippen LogP contribution in [0.5, 0.6) is 0 Å². The first-order valence-corrected chi connectivity index (χ1v) is 7.64. The van der Waals surface area contributed by atoms with Gasteiger partial charge in [0.2, 0.25) is 0 Å². The first-order chi connectivity index (χ1) is 8.69. The van der Waals surface area contributed by atoms with Crippen LogP contribution in [-0.2, 0) is 12.8 Å². The molecule has 0 aromatic carbocycles. The van der Waals surface area contributed by atoms with Crippen molar-refractivity contribution in [1.29, 1.82) is 0 Å². The zero-order valence-corrected chi connectivity index (χ0v) is 12.8. The van der Waals surface area contributed by atoms with Gasteiger partial charge in [0.05, 0.1) is 4.88 Å². The predicted molar refractivity (Wildman–Crippen MR) is 79.4 cm³/mol. The molecule has 0 atom stereocenters. The molecule has 0 spiro atoms. The fourth-order valence-electron chi connectivity index (χ4n) is 2.32. The lowest BCUT2D eigenvalue weighted by molar-refractivity contribution is 0.900. The average Bonchev–Trinajstić information content (AvgIpc) is 2.95. The standard InChI is InChI=1S/C13H14BrN3S/c1-7-9(14)6-11(18-7)13-16-10-5-3-4-8(10)12(15-2)17-13/h6H,3-5H2,1-2H3,(H,15,16,17). The van der Waals surface area contributed by atoms with Crippen LogP contribution in [0.4, 0.5) is 5.82 Å². The highest BCUT2D eigenvalue weighted by Gasteiger charge is 2.20. The van der Waals surface area contributed by atoms with Crippen molar-refractivity contribution in [2.45, 2.75) is 26.2 Å². The van der Waals surface area contributed by atoms with E-state index in [1.54, 1.807) is 11.3 Å². The molecule has 0 unspecified atom stereocenters. The molecule has 0 aliphatic heterocycles. The molecule has 3 nitrogen and oxygen atoms in total. The summed E-state index contributed by atoms with van der Waals surface area (Å²) in [7, 11) is 1.93. The maximum atomic E-state index is 4.73. The molecule has 0 amide bonds. The average molecular weight is 324 g/mol. The lowest BCUT2D eigenvalue weighted by Crippen LogP contribution is -2.02. The number of rotatable bonds is 2. The summed E-state index contributed by atoms with van der Waals surface area (Å²) >= 11 is 5.28. The first kappa shape index (κ1) is 12.1. The minimum Gasteiger partial charge on any atom is -0.373 e. The Morgan fingerprint density at radius 2 is 2.17 bits per heavy atom. The predicted octanol–water partition coefficient (Wildman–Crippen LogP) is 3.81. The van der Waals surface area contributed by atoms with Crippen LogP contribution in [0.2, 0.25) is 0 Å². The summed E-state index contributed by atoms with van der Waals surface area (Å²) in [5.41, 5.74) is 2.51. The van der Waals surface area contributed by atoms with Crippen LogP contribution in [-0.4, -0.2) is 17.0 Å². The van der Waals surface area contributed by atoms with Gasteiger partial charge in [0.25, 0.3) is 0 Å². The summed E-state index contributed by atoms with van der Waals surface area (Å²) in [6.07, 6.45) is 3.36. The van der Waals surface area contributed by atoms with Gasteiger partial charge in [-0.15, -0.1) is 11.3 Å². The van der Waals surface area contributed by atoms with Gasteiger partial charge in [-0.1, -0.05) is 0 Å². The number of halogens is 1. The van der Waals surface area contributed by atoms with Crippen molar-refractivity contribution < 1.29 is 0 Å². The summed E-state index contributed by atoms with van der Waals surface area (Å²) in [5, 5.41) is 3.20. The molecule has 5 heteroatoms. The first-order valence-electron chi connectivity index (χ1n) is 6.03. The summed E-state index contributed by atoms with van der Waals surface area (Å²) < 4.78 is 1.14. The van der Waals surface area contributed by atoms with Gasteiger partial charge in [0.1, 0.15) is 5.82 Å². The van der Waals surface area contributed by atoms with E-state index in [1.807, 2.05) is 7.05 Å². The van der Waals surface area contributed by atoms with E-state index in [-0.39, 0.29) is 0 Å². The molecule has 94 valence electrons. The van der Waals surface area contributed by atoms with Crippen molar-refractivity contribution in [3.05, 3.63) is 26.7 Å². The number of thiophene rings is 1. The van der Waals surface area contributed by atoms with Crippen molar-refractivity contribution >= 4 is 33.1 Å². The Bertz CT molecular complexity index is 587. The number of aryl methyl sites for hydroxylation is 2. The smallest absolute Gasteiger partial charge is 0.171 e. The van der Waals surface area contributed by atoms with Gasteiger partial charge < -0.3 is 5.32 Å². The van der Waals surface area contributed by atoms with E-state index in [9.17, 15) is 0 Å². The number of hydrogen-bond acceptors (Lipinski definition) is 4. The van der Waals surface area contributed by atoms with Gasteiger partial charge in [-0.25, -0.2) is 9.97 Å². The molecule has 2 aromatic heterocycles. The lowest BCUT2D eigenvalue weighted by atomic mass is 10.2. The Kier molecular flexibility index (Phi) is 3.11. The van der Waals surface area contributed by atoms with Crippen LogP contribution in [0.1, 0.15) is 22.6 Å². The monoisotopic (exact) mass is 323 g/mol. The molecular weight excluding hydrogens is 310 g/mol. The number of nitrogens with zero attached hydrogens (tertiary/aromatic N) is 2. The van der Waals surface area contributed by atoms with Gasteiger partial charge in [0.15, 0.2) is 5.82 Å². The third-order valence-electron chi connectivity index (χ3n) is 3.25. The van der Waals surface area contributed by atoms with Crippen LogP contribution in [0, 0.1) is 6.92 Å². The van der Waals surface area contributed by atoms with Gasteiger partial charge >= 0.3 is 0 Å². The van der Waals surface area contributed by atoms with Gasteiger partial charge in [-0.05, 0) is 48.2 Å². The van der Waals surface area contributed by atoms with E-state index in [0.717, 1.165) is 33.8 Å². The molecule has 0 fully saturated rings. The Morgan fingerprint density at radius 1 is 1.33 bits per heavy atom. The number of nitrogens with one attached hydrogen (secondary N) is 1. The molecule has 3 rings (SSSR count). The van der Waals surface area contributed by atoms with Crippen molar-refractivity contribution in [3.8, 4) is 10.7 Å². The Labute approximate surface area is 119 Å². The topological polar surface area (TPSA) is 37.8 Å². The largest absolute Gasteiger partial charge is 0.373 e. The highest BCUT2D eigenvalue weighted by molar-refractivity contribution is 9.10. The number of aromatic nitrogens is 2. The van der Waals surface area contributed by atoms with Crippen LogP contribution in [0.15, 0.2) is 10.5 Å². The van der Waals surface area contributed by atoms with Crippen LogP contribution in [0.25, 0.3) is 10.7 Å². The highest BCUT2D eigenvalue weighted by atomic mass is 79.9. The summed E-state index contributed by atoms with van der Waals surface area (Å²) in [4.78, 5) is 11.8. The lowest BCUT2D eigenvalue weighted by Gasteiger charge is -2.08. The quantitative estimate of drug-likeness (QED) is 0.913. The van der Waals surface area contributed by atoms with Gasteiger partial charge in [-0.2, -0.15) is 0 Å². The minimum absolute atomic E-state index is 0.846. The number of fused-ring (bicyclic) bond motifs is 1. The van der Waals surface area contributed by atoms with Crippen molar-refractivity contribution in [2.24, 2.45) is 0 Å². The summed E-state index contributed by atoms with van der Waals surface area (Å²) in [5.74, 6) is 1.84. The molecule has 2 heterocycles. The molecule has 0 saturated carbocycles. The molecule has 1 aliphatic carbocycles. The second-order valence-electron chi connectivity index (χ2n) is 4.44. The molecule has 1 aliphatic rings.